The highest BCUT2D eigenvalue weighted by molar-refractivity contribution is 5.71. The Morgan fingerprint density at radius 1 is 1.09 bits per heavy atom. The summed E-state index contributed by atoms with van der Waals surface area (Å²) in [5.41, 5.74) is 2.02. The van der Waals surface area contributed by atoms with Crippen LogP contribution in [-0.2, 0) is 6.54 Å². The fourth-order valence-corrected chi connectivity index (χ4v) is 2.33. The van der Waals surface area contributed by atoms with Crippen LogP contribution in [0.4, 0.5) is 4.79 Å². The summed E-state index contributed by atoms with van der Waals surface area (Å²) < 4.78 is 0. The van der Waals surface area contributed by atoms with Gasteiger partial charge in [0.05, 0.1) is 0 Å². The van der Waals surface area contributed by atoms with Gasteiger partial charge in [0.15, 0.2) is 0 Å². The number of phenolic OH excluding ortho intramolecular Hbond substituents is 1. The lowest BCUT2D eigenvalue weighted by molar-refractivity contribution is 0.0955. The maximum Gasteiger partial charge on any atom is 0.408 e. The number of carboxylic acid groups (broad SMARTS) is 1. The molecule has 0 aliphatic carbocycles. The van der Waals surface area contributed by atoms with Crippen molar-refractivity contribution in [1.29, 1.82) is 0 Å². The molecule has 0 atom stereocenters. The van der Waals surface area contributed by atoms with E-state index in [9.17, 15) is 15.0 Å². The Morgan fingerprint density at radius 2 is 1.77 bits per heavy atom. The van der Waals surface area contributed by atoms with Gasteiger partial charge in [-0.15, -0.1) is 0 Å². The first-order valence-electron chi connectivity index (χ1n) is 7.17. The molecule has 0 saturated carbocycles. The summed E-state index contributed by atoms with van der Waals surface area (Å²) in [4.78, 5) is 12.8. The zero-order valence-electron chi connectivity index (χ0n) is 13.1. The molecule has 2 aromatic rings. The maximum atomic E-state index is 11.4. The highest BCUT2D eigenvalue weighted by Crippen LogP contribution is 2.29. The number of carbonyl (C=O) groups is 1. The largest absolute Gasteiger partial charge is 0.507 e. The molecule has 0 unspecified atom stereocenters. The number of aromatic hydroxyl groups is 1. The van der Waals surface area contributed by atoms with Crippen molar-refractivity contribution in [2.75, 3.05) is 0 Å². The SMILES string of the molecule is CC(C)(C)N(Cc1cccc(-c2ccccc2O)c1)C(=O)O. The summed E-state index contributed by atoms with van der Waals surface area (Å²) in [7, 11) is 0. The van der Waals surface area contributed by atoms with Crippen LogP contribution in [-0.4, -0.2) is 26.7 Å². The molecule has 0 aliphatic rings. The van der Waals surface area contributed by atoms with Crippen LogP contribution < -0.4 is 0 Å². The van der Waals surface area contributed by atoms with E-state index in [2.05, 4.69) is 0 Å². The average Bonchev–Trinajstić information content (AvgIpc) is 2.44. The van der Waals surface area contributed by atoms with Gasteiger partial charge in [0.2, 0.25) is 0 Å². The average molecular weight is 299 g/mol. The van der Waals surface area contributed by atoms with E-state index in [0.29, 0.717) is 6.54 Å². The van der Waals surface area contributed by atoms with Crippen molar-refractivity contribution in [3.8, 4) is 16.9 Å². The van der Waals surface area contributed by atoms with Gasteiger partial charge in [-0.1, -0.05) is 36.4 Å². The number of para-hydroxylation sites is 1. The molecule has 2 rings (SSSR count). The van der Waals surface area contributed by atoms with Crippen LogP contribution in [0.3, 0.4) is 0 Å². The molecule has 0 aromatic heterocycles. The van der Waals surface area contributed by atoms with E-state index in [1.807, 2.05) is 57.2 Å². The van der Waals surface area contributed by atoms with Crippen LogP contribution in [0.15, 0.2) is 48.5 Å². The van der Waals surface area contributed by atoms with E-state index in [1.54, 1.807) is 12.1 Å². The molecule has 4 heteroatoms. The number of phenols is 1. The first kappa shape index (κ1) is 15.9. The Labute approximate surface area is 130 Å². The van der Waals surface area contributed by atoms with Crippen LogP contribution in [0.5, 0.6) is 5.75 Å². The van der Waals surface area contributed by atoms with Crippen molar-refractivity contribution in [3.63, 3.8) is 0 Å². The van der Waals surface area contributed by atoms with E-state index in [-0.39, 0.29) is 5.75 Å². The van der Waals surface area contributed by atoms with Gasteiger partial charge in [-0.2, -0.15) is 0 Å². The maximum absolute atomic E-state index is 11.4. The Bertz CT molecular complexity index is 674. The molecule has 116 valence electrons. The Balaban J connectivity index is 2.33. The second-order valence-corrected chi connectivity index (χ2v) is 6.26. The summed E-state index contributed by atoms with van der Waals surface area (Å²) in [6.07, 6.45) is -0.944. The van der Waals surface area contributed by atoms with Crippen molar-refractivity contribution >= 4 is 6.09 Å². The second-order valence-electron chi connectivity index (χ2n) is 6.26. The number of nitrogens with zero attached hydrogens (tertiary/aromatic N) is 1. The monoisotopic (exact) mass is 299 g/mol. The molecule has 2 N–H and O–H groups in total. The first-order chi connectivity index (χ1) is 10.3. The lowest BCUT2D eigenvalue weighted by atomic mass is 10.0. The molecule has 0 saturated heterocycles. The van der Waals surface area contributed by atoms with Gasteiger partial charge in [-0.3, -0.25) is 4.90 Å². The fourth-order valence-electron chi connectivity index (χ4n) is 2.33. The third kappa shape index (κ3) is 3.58. The van der Waals surface area contributed by atoms with E-state index < -0.39 is 11.6 Å². The minimum Gasteiger partial charge on any atom is -0.507 e. The van der Waals surface area contributed by atoms with Crippen molar-refractivity contribution in [3.05, 3.63) is 54.1 Å². The van der Waals surface area contributed by atoms with Gasteiger partial charge in [0, 0.05) is 17.6 Å². The van der Waals surface area contributed by atoms with Gasteiger partial charge in [-0.05, 0) is 44.0 Å². The number of rotatable bonds is 3. The van der Waals surface area contributed by atoms with Crippen LogP contribution >= 0.6 is 0 Å². The normalized spacial score (nSPS) is 11.2. The van der Waals surface area contributed by atoms with Gasteiger partial charge in [0.1, 0.15) is 5.75 Å². The molecule has 2 aromatic carbocycles. The van der Waals surface area contributed by atoms with E-state index >= 15 is 0 Å². The molecule has 0 heterocycles. The summed E-state index contributed by atoms with van der Waals surface area (Å²) in [6, 6.07) is 14.7. The van der Waals surface area contributed by atoms with Gasteiger partial charge in [-0.25, -0.2) is 4.79 Å². The lowest BCUT2D eigenvalue weighted by Crippen LogP contribution is -2.44. The number of hydrogen-bond acceptors (Lipinski definition) is 2. The summed E-state index contributed by atoms with van der Waals surface area (Å²) in [5.74, 6) is 0.213. The van der Waals surface area contributed by atoms with Crippen LogP contribution in [0, 0.1) is 0 Å². The van der Waals surface area contributed by atoms with Gasteiger partial charge < -0.3 is 10.2 Å². The zero-order chi connectivity index (χ0) is 16.3. The van der Waals surface area contributed by atoms with Crippen LogP contribution in [0.2, 0.25) is 0 Å². The smallest absolute Gasteiger partial charge is 0.408 e. The molecule has 0 bridgehead atoms. The van der Waals surface area contributed by atoms with Crippen molar-refractivity contribution < 1.29 is 15.0 Å². The second kappa shape index (κ2) is 6.10. The van der Waals surface area contributed by atoms with Crippen molar-refractivity contribution in [1.82, 2.24) is 4.90 Å². The van der Waals surface area contributed by atoms with E-state index in [0.717, 1.165) is 16.7 Å². The topological polar surface area (TPSA) is 60.8 Å². The molecule has 0 radical (unpaired) electrons. The van der Waals surface area contributed by atoms with Crippen LogP contribution in [0.1, 0.15) is 26.3 Å². The predicted octanol–water partition coefficient (Wildman–Crippen LogP) is 4.34. The highest BCUT2D eigenvalue weighted by atomic mass is 16.4. The van der Waals surface area contributed by atoms with Crippen molar-refractivity contribution in [2.24, 2.45) is 0 Å². The van der Waals surface area contributed by atoms with Crippen molar-refractivity contribution in [2.45, 2.75) is 32.9 Å². The number of hydrogen-bond donors (Lipinski definition) is 2. The molecule has 0 aliphatic heterocycles. The molecule has 4 nitrogen and oxygen atoms in total. The Kier molecular flexibility index (Phi) is 4.40. The van der Waals surface area contributed by atoms with Gasteiger partial charge in [0.25, 0.3) is 0 Å². The number of benzene rings is 2. The third-order valence-corrected chi connectivity index (χ3v) is 3.52. The number of amides is 1. The molecule has 1 amide bonds. The lowest BCUT2D eigenvalue weighted by Gasteiger charge is -2.33. The molecular formula is C18H21NO3. The van der Waals surface area contributed by atoms with Crippen LogP contribution in [0.25, 0.3) is 11.1 Å². The Hall–Kier alpha value is -2.49. The molecule has 0 fully saturated rings. The standard InChI is InChI=1S/C18H21NO3/c1-18(2,3)19(17(21)22)12-13-7-6-8-14(11-13)15-9-4-5-10-16(15)20/h4-11,20H,12H2,1-3H3,(H,21,22). The first-order valence-corrected chi connectivity index (χ1v) is 7.17. The van der Waals surface area contributed by atoms with Gasteiger partial charge >= 0.3 is 6.09 Å². The fraction of sp³-hybridized carbons (Fsp3) is 0.278. The minimum absolute atomic E-state index is 0.213. The zero-order valence-corrected chi connectivity index (χ0v) is 13.1. The minimum atomic E-state index is -0.944. The molecular weight excluding hydrogens is 278 g/mol. The summed E-state index contributed by atoms with van der Waals surface area (Å²) in [6.45, 7) is 5.91. The highest BCUT2D eigenvalue weighted by Gasteiger charge is 2.26. The molecule has 22 heavy (non-hydrogen) atoms. The predicted molar refractivity (Wildman–Crippen MR) is 86.9 cm³/mol. The third-order valence-electron chi connectivity index (χ3n) is 3.52. The molecule has 0 spiro atoms. The summed E-state index contributed by atoms with van der Waals surface area (Å²) >= 11 is 0. The quantitative estimate of drug-likeness (QED) is 0.886. The van der Waals surface area contributed by atoms with E-state index in [4.69, 9.17) is 0 Å². The summed E-state index contributed by atoms with van der Waals surface area (Å²) in [5, 5.41) is 19.3. The Morgan fingerprint density at radius 3 is 2.36 bits per heavy atom. The van der Waals surface area contributed by atoms with E-state index in [1.165, 1.54) is 4.90 Å².